The summed E-state index contributed by atoms with van der Waals surface area (Å²) in [6.07, 6.45) is 1.73. The fourth-order valence-electron chi connectivity index (χ4n) is 2.83. The minimum atomic E-state index is -0.101. The number of hydrogen-bond donors (Lipinski definition) is 1. The quantitative estimate of drug-likeness (QED) is 0.808. The number of fused-ring (bicyclic) bond motifs is 1. The lowest BCUT2D eigenvalue weighted by Crippen LogP contribution is -2.26. The number of H-pyrrole nitrogens is 1. The van der Waals surface area contributed by atoms with Crippen molar-refractivity contribution in [2.24, 2.45) is 0 Å². The number of rotatable bonds is 3. The number of carbonyl (C=O) groups excluding carboxylic acids is 1. The van der Waals surface area contributed by atoms with Crippen LogP contribution in [0.5, 0.6) is 0 Å². The average molecular weight is 309 g/mol. The molecule has 0 fully saturated rings. The van der Waals surface area contributed by atoms with E-state index in [4.69, 9.17) is 0 Å². The molecule has 0 spiro atoms. The van der Waals surface area contributed by atoms with Crippen LogP contribution in [0.15, 0.2) is 47.4 Å². The van der Waals surface area contributed by atoms with Crippen LogP contribution >= 0.6 is 0 Å². The largest absolute Gasteiger partial charge is 0.357 e. The molecule has 0 radical (unpaired) electrons. The number of hydrogen-bond acceptors (Lipinski definition) is 2. The van der Waals surface area contributed by atoms with Gasteiger partial charge in [0, 0.05) is 36.9 Å². The number of nitrogens with one attached hydrogen (secondary N) is 1. The number of anilines is 1. The van der Waals surface area contributed by atoms with Gasteiger partial charge >= 0.3 is 0 Å². The molecule has 0 saturated carbocycles. The van der Waals surface area contributed by atoms with E-state index in [-0.39, 0.29) is 11.5 Å². The number of pyridine rings is 1. The minimum Gasteiger partial charge on any atom is -0.357 e. The van der Waals surface area contributed by atoms with Crippen LogP contribution in [0.4, 0.5) is 5.69 Å². The Morgan fingerprint density at radius 1 is 1.26 bits per heavy atom. The van der Waals surface area contributed by atoms with E-state index in [1.807, 2.05) is 32.0 Å². The van der Waals surface area contributed by atoms with Gasteiger partial charge in [-0.05, 0) is 49.7 Å². The third-order valence-corrected chi connectivity index (χ3v) is 4.14. The Morgan fingerprint density at radius 2 is 2.04 bits per heavy atom. The summed E-state index contributed by atoms with van der Waals surface area (Å²) in [6.45, 7) is 4.48. The number of amides is 1. The van der Waals surface area contributed by atoms with Crippen molar-refractivity contribution in [2.45, 2.75) is 20.4 Å². The molecule has 0 atom stereocenters. The van der Waals surface area contributed by atoms with E-state index in [0.29, 0.717) is 12.2 Å². The molecule has 1 N–H and O–H groups in total. The van der Waals surface area contributed by atoms with Gasteiger partial charge in [0.1, 0.15) is 5.69 Å². The predicted octanol–water partition coefficient (Wildman–Crippen LogP) is 2.93. The zero-order valence-electron chi connectivity index (χ0n) is 13.5. The molecule has 3 rings (SSSR count). The van der Waals surface area contributed by atoms with Crippen LogP contribution in [0.2, 0.25) is 0 Å². The van der Waals surface area contributed by atoms with Crippen molar-refractivity contribution in [2.75, 3.05) is 11.9 Å². The summed E-state index contributed by atoms with van der Waals surface area (Å²) in [5, 5.41) is 0.982. The van der Waals surface area contributed by atoms with E-state index in [0.717, 1.165) is 22.2 Å². The molecule has 0 bridgehead atoms. The molecule has 2 heterocycles. The Labute approximate surface area is 134 Å². The molecule has 5 nitrogen and oxygen atoms in total. The topological polar surface area (TPSA) is 58.1 Å². The first kappa shape index (κ1) is 15.1. The maximum absolute atomic E-state index is 12.4. The maximum atomic E-state index is 12.4. The van der Waals surface area contributed by atoms with E-state index < -0.39 is 0 Å². The lowest BCUT2D eigenvalue weighted by Gasteiger charge is -2.18. The van der Waals surface area contributed by atoms with Gasteiger partial charge in [-0.2, -0.15) is 0 Å². The van der Waals surface area contributed by atoms with Crippen molar-refractivity contribution < 1.29 is 4.79 Å². The highest BCUT2D eigenvalue weighted by Crippen LogP contribution is 2.24. The second-order valence-electron chi connectivity index (χ2n) is 5.56. The highest BCUT2D eigenvalue weighted by molar-refractivity contribution is 6.05. The molecule has 0 aliphatic heterocycles. The first-order valence-corrected chi connectivity index (χ1v) is 7.58. The lowest BCUT2D eigenvalue weighted by atomic mass is 10.1. The van der Waals surface area contributed by atoms with Crippen molar-refractivity contribution in [1.82, 2.24) is 9.55 Å². The van der Waals surface area contributed by atoms with Crippen LogP contribution < -0.4 is 10.5 Å². The molecule has 0 aliphatic carbocycles. The van der Waals surface area contributed by atoms with E-state index in [9.17, 15) is 9.59 Å². The maximum Gasteiger partial charge on any atom is 0.274 e. The predicted molar refractivity (Wildman–Crippen MR) is 92.1 cm³/mol. The van der Waals surface area contributed by atoms with Gasteiger partial charge in [-0.15, -0.1) is 0 Å². The number of aryl methyl sites for hydroxylation is 2. The fraction of sp³-hybridized carbons (Fsp3) is 0.222. The zero-order chi connectivity index (χ0) is 16.6. The van der Waals surface area contributed by atoms with Crippen molar-refractivity contribution in [3.8, 4) is 0 Å². The van der Waals surface area contributed by atoms with Crippen LogP contribution in [-0.4, -0.2) is 22.5 Å². The van der Waals surface area contributed by atoms with E-state index in [2.05, 4.69) is 4.98 Å². The fourth-order valence-corrected chi connectivity index (χ4v) is 2.83. The molecule has 23 heavy (non-hydrogen) atoms. The van der Waals surface area contributed by atoms with Crippen molar-refractivity contribution in [3.05, 3.63) is 64.2 Å². The number of benzene rings is 1. The minimum absolute atomic E-state index is 0.000988. The molecule has 0 unspecified atom stereocenters. The van der Waals surface area contributed by atoms with Gasteiger partial charge in [0.15, 0.2) is 0 Å². The Morgan fingerprint density at radius 3 is 2.70 bits per heavy atom. The third kappa shape index (κ3) is 2.54. The van der Waals surface area contributed by atoms with E-state index in [1.165, 1.54) is 0 Å². The number of nitrogens with zero attached hydrogens (tertiary/aromatic N) is 2. The summed E-state index contributed by atoms with van der Waals surface area (Å²) in [5.41, 5.74) is 3.14. The van der Waals surface area contributed by atoms with Gasteiger partial charge in [0.2, 0.25) is 0 Å². The summed E-state index contributed by atoms with van der Waals surface area (Å²) >= 11 is 0. The molecule has 1 amide bonds. The van der Waals surface area contributed by atoms with Gasteiger partial charge in [0.25, 0.3) is 11.5 Å². The second-order valence-corrected chi connectivity index (χ2v) is 5.56. The molecule has 0 aliphatic rings. The molecular weight excluding hydrogens is 290 g/mol. The monoisotopic (exact) mass is 309 g/mol. The summed E-state index contributed by atoms with van der Waals surface area (Å²) in [5.74, 6) is -0.101. The first-order valence-electron chi connectivity index (χ1n) is 7.58. The number of carbonyl (C=O) groups is 1. The van der Waals surface area contributed by atoms with Crippen LogP contribution in [0.3, 0.4) is 0 Å². The van der Waals surface area contributed by atoms with Crippen molar-refractivity contribution in [1.29, 1.82) is 0 Å². The van der Waals surface area contributed by atoms with Gasteiger partial charge in [-0.25, -0.2) is 0 Å². The average Bonchev–Trinajstić information content (AvgIpc) is 3.08. The first-order chi connectivity index (χ1) is 11.0. The zero-order valence-corrected chi connectivity index (χ0v) is 13.5. The summed E-state index contributed by atoms with van der Waals surface area (Å²) in [4.78, 5) is 29.0. The molecule has 0 saturated heterocycles. The highest BCUT2D eigenvalue weighted by Gasteiger charge is 2.15. The highest BCUT2D eigenvalue weighted by atomic mass is 16.2. The molecule has 1 aromatic carbocycles. The summed E-state index contributed by atoms with van der Waals surface area (Å²) < 4.78 is 1.74. The molecule has 5 heteroatoms. The van der Waals surface area contributed by atoms with Gasteiger partial charge in [0.05, 0.1) is 5.52 Å². The van der Waals surface area contributed by atoms with Crippen LogP contribution in [0.25, 0.3) is 10.9 Å². The summed E-state index contributed by atoms with van der Waals surface area (Å²) in [6, 6.07) is 10.9. The van der Waals surface area contributed by atoms with Crippen LogP contribution in [0.1, 0.15) is 23.0 Å². The van der Waals surface area contributed by atoms with E-state index in [1.54, 1.807) is 40.9 Å². The van der Waals surface area contributed by atoms with Gasteiger partial charge in [-0.3, -0.25) is 9.59 Å². The van der Waals surface area contributed by atoms with Gasteiger partial charge in [-0.1, -0.05) is 0 Å². The van der Waals surface area contributed by atoms with Crippen molar-refractivity contribution in [3.63, 3.8) is 0 Å². The molecule has 3 aromatic rings. The molecular formula is C18H19N3O2. The summed E-state index contributed by atoms with van der Waals surface area (Å²) in [7, 11) is 1.75. The van der Waals surface area contributed by atoms with Crippen molar-refractivity contribution >= 4 is 22.5 Å². The number of aromatic amines is 1. The van der Waals surface area contributed by atoms with Crippen LogP contribution in [0, 0.1) is 6.92 Å². The van der Waals surface area contributed by atoms with Crippen LogP contribution in [-0.2, 0) is 6.54 Å². The second kappa shape index (κ2) is 5.76. The molecule has 2 aromatic heterocycles. The smallest absolute Gasteiger partial charge is 0.274 e. The third-order valence-electron chi connectivity index (χ3n) is 4.14. The SMILES string of the molecule is CCn1c(=O)cc(C)c2cc(N(C)C(=O)c3ccc[nH]3)ccc21. The van der Waals surface area contributed by atoms with Gasteiger partial charge < -0.3 is 14.5 Å². The molecule has 118 valence electrons. The normalized spacial score (nSPS) is 10.9. The Balaban J connectivity index is 2.10. The standard InChI is InChI=1S/C18H19N3O2/c1-4-21-16-8-7-13(11-14(16)12(2)10-17(21)22)20(3)18(23)15-6-5-9-19-15/h5-11,19H,4H2,1-3H3. The Bertz CT molecular complexity index is 923. The number of aromatic nitrogens is 2. The Hall–Kier alpha value is -2.82. The lowest BCUT2D eigenvalue weighted by molar-refractivity contribution is 0.0989. The Kier molecular flexibility index (Phi) is 3.78. The van der Waals surface area contributed by atoms with E-state index >= 15 is 0 Å².